The molecule has 0 amide bonds. The molecule has 1 aliphatic heterocycles. The zero-order valence-electron chi connectivity index (χ0n) is 4.95. The lowest BCUT2D eigenvalue weighted by atomic mass is 10.2. The standard InChI is InChI=1S/C5H7N3S/c1-2-8(3-1)5-6-4-7-9-5/h4H,1-3H2. The zero-order chi connectivity index (χ0) is 6.10. The van der Waals surface area contributed by atoms with Gasteiger partial charge in [0, 0.05) is 24.6 Å². The Morgan fingerprint density at radius 2 is 2.44 bits per heavy atom. The third kappa shape index (κ3) is 0.790. The molecule has 0 bridgehead atoms. The maximum atomic E-state index is 4.07. The second kappa shape index (κ2) is 1.95. The fourth-order valence-electron chi connectivity index (χ4n) is 0.814. The molecule has 9 heavy (non-hydrogen) atoms. The van der Waals surface area contributed by atoms with E-state index in [1.807, 2.05) is 0 Å². The molecule has 1 saturated heterocycles. The van der Waals surface area contributed by atoms with Gasteiger partial charge in [0.05, 0.1) is 0 Å². The van der Waals surface area contributed by atoms with Crippen LogP contribution in [0.3, 0.4) is 0 Å². The third-order valence-corrected chi connectivity index (χ3v) is 2.20. The van der Waals surface area contributed by atoms with Crippen molar-refractivity contribution >= 4 is 16.7 Å². The first kappa shape index (κ1) is 5.17. The second-order valence-corrected chi connectivity index (χ2v) is 2.82. The van der Waals surface area contributed by atoms with Crippen LogP contribution in [0.25, 0.3) is 0 Å². The van der Waals surface area contributed by atoms with Crippen LogP contribution in [0.1, 0.15) is 6.42 Å². The van der Waals surface area contributed by atoms with Crippen molar-refractivity contribution in [2.24, 2.45) is 0 Å². The van der Waals surface area contributed by atoms with Gasteiger partial charge in [-0.15, -0.1) is 0 Å². The van der Waals surface area contributed by atoms with Crippen LogP contribution >= 0.6 is 11.5 Å². The van der Waals surface area contributed by atoms with Crippen molar-refractivity contribution in [3.05, 3.63) is 6.33 Å². The Bertz CT molecular complexity index is 180. The molecule has 0 unspecified atom stereocenters. The van der Waals surface area contributed by atoms with E-state index in [2.05, 4.69) is 14.3 Å². The summed E-state index contributed by atoms with van der Waals surface area (Å²) in [6.45, 7) is 2.32. The maximum Gasteiger partial charge on any atom is 0.204 e. The highest BCUT2D eigenvalue weighted by Gasteiger charge is 2.16. The predicted octanol–water partition coefficient (Wildman–Crippen LogP) is 0.748. The molecule has 2 rings (SSSR count). The molecule has 1 aliphatic rings. The topological polar surface area (TPSA) is 29.0 Å². The van der Waals surface area contributed by atoms with E-state index in [0.29, 0.717) is 0 Å². The van der Waals surface area contributed by atoms with E-state index >= 15 is 0 Å². The summed E-state index contributed by atoms with van der Waals surface area (Å²) in [5.41, 5.74) is 0. The normalized spacial score (nSPS) is 17.6. The molecule has 3 nitrogen and oxygen atoms in total. The summed E-state index contributed by atoms with van der Waals surface area (Å²) < 4.78 is 3.91. The molecule has 1 aromatic heterocycles. The molecular weight excluding hydrogens is 134 g/mol. The van der Waals surface area contributed by atoms with E-state index < -0.39 is 0 Å². The van der Waals surface area contributed by atoms with Gasteiger partial charge in [0.2, 0.25) is 5.13 Å². The molecule has 0 aliphatic carbocycles. The van der Waals surface area contributed by atoms with Crippen molar-refractivity contribution in [3.8, 4) is 0 Å². The second-order valence-electron chi connectivity index (χ2n) is 2.06. The van der Waals surface area contributed by atoms with Crippen LogP contribution in [-0.4, -0.2) is 22.4 Å². The van der Waals surface area contributed by atoms with Crippen molar-refractivity contribution in [1.29, 1.82) is 0 Å². The smallest absolute Gasteiger partial charge is 0.204 e. The van der Waals surface area contributed by atoms with E-state index in [9.17, 15) is 0 Å². The quantitative estimate of drug-likeness (QED) is 0.578. The van der Waals surface area contributed by atoms with E-state index in [-0.39, 0.29) is 0 Å². The Hall–Kier alpha value is -0.640. The van der Waals surface area contributed by atoms with Gasteiger partial charge in [-0.25, -0.2) is 4.98 Å². The molecule has 0 radical (unpaired) electrons. The van der Waals surface area contributed by atoms with Crippen LogP contribution in [0, 0.1) is 0 Å². The minimum Gasteiger partial charge on any atom is -0.347 e. The van der Waals surface area contributed by atoms with Crippen molar-refractivity contribution in [2.45, 2.75) is 6.42 Å². The summed E-state index contributed by atoms with van der Waals surface area (Å²) in [6, 6.07) is 0. The molecule has 48 valence electrons. The largest absolute Gasteiger partial charge is 0.347 e. The first-order valence-corrected chi connectivity index (χ1v) is 3.76. The summed E-state index contributed by atoms with van der Waals surface area (Å²) in [7, 11) is 0. The average molecular weight is 141 g/mol. The molecule has 0 saturated carbocycles. The fraction of sp³-hybridized carbons (Fsp3) is 0.600. The van der Waals surface area contributed by atoms with E-state index in [1.165, 1.54) is 18.0 Å². The van der Waals surface area contributed by atoms with E-state index in [0.717, 1.165) is 18.2 Å². The van der Waals surface area contributed by atoms with Gasteiger partial charge in [-0.3, -0.25) is 0 Å². The Morgan fingerprint density at radius 3 is 2.89 bits per heavy atom. The Labute approximate surface area is 57.5 Å². The summed E-state index contributed by atoms with van der Waals surface area (Å²) in [5, 5.41) is 1.07. The van der Waals surface area contributed by atoms with Gasteiger partial charge in [-0.05, 0) is 6.42 Å². The Kier molecular flexibility index (Phi) is 1.12. The molecule has 0 aromatic carbocycles. The van der Waals surface area contributed by atoms with Crippen LogP contribution in [0.4, 0.5) is 5.13 Å². The number of anilines is 1. The van der Waals surface area contributed by atoms with Gasteiger partial charge >= 0.3 is 0 Å². The highest BCUT2D eigenvalue weighted by Crippen LogP contribution is 2.19. The zero-order valence-corrected chi connectivity index (χ0v) is 5.77. The lowest BCUT2D eigenvalue weighted by molar-refractivity contribution is 0.616. The van der Waals surface area contributed by atoms with Crippen LogP contribution in [0.5, 0.6) is 0 Å². The number of nitrogens with zero attached hydrogens (tertiary/aromatic N) is 3. The maximum absolute atomic E-state index is 4.07. The van der Waals surface area contributed by atoms with E-state index in [4.69, 9.17) is 0 Å². The first-order chi connectivity index (χ1) is 4.47. The molecule has 0 spiro atoms. The van der Waals surface area contributed by atoms with Crippen molar-refractivity contribution in [3.63, 3.8) is 0 Å². The van der Waals surface area contributed by atoms with E-state index in [1.54, 1.807) is 6.33 Å². The van der Waals surface area contributed by atoms with Crippen molar-refractivity contribution < 1.29 is 0 Å². The van der Waals surface area contributed by atoms with Crippen molar-refractivity contribution in [2.75, 3.05) is 18.0 Å². The van der Waals surface area contributed by atoms with Gasteiger partial charge in [0.25, 0.3) is 0 Å². The van der Waals surface area contributed by atoms with Crippen LogP contribution in [0.2, 0.25) is 0 Å². The minimum absolute atomic E-state index is 1.07. The number of rotatable bonds is 1. The summed E-state index contributed by atoms with van der Waals surface area (Å²) in [4.78, 5) is 6.31. The van der Waals surface area contributed by atoms with Crippen LogP contribution in [0.15, 0.2) is 6.33 Å². The number of hydrogen-bond acceptors (Lipinski definition) is 4. The van der Waals surface area contributed by atoms with Crippen LogP contribution < -0.4 is 4.90 Å². The molecule has 1 fully saturated rings. The van der Waals surface area contributed by atoms with Gasteiger partial charge in [0.1, 0.15) is 6.33 Å². The Morgan fingerprint density at radius 1 is 1.56 bits per heavy atom. The Balaban J connectivity index is 2.14. The molecule has 0 N–H and O–H groups in total. The van der Waals surface area contributed by atoms with Gasteiger partial charge in [-0.2, -0.15) is 4.37 Å². The number of aromatic nitrogens is 2. The fourth-order valence-corrected chi connectivity index (χ4v) is 1.40. The SMILES string of the molecule is c1nsc(N2CCC2)n1. The summed E-state index contributed by atoms with van der Waals surface area (Å²) in [6.07, 6.45) is 2.91. The van der Waals surface area contributed by atoms with Gasteiger partial charge in [-0.1, -0.05) is 0 Å². The average Bonchev–Trinajstić information content (AvgIpc) is 2.11. The van der Waals surface area contributed by atoms with Crippen molar-refractivity contribution in [1.82, 2.24) is 9.36 Å². The van der Waals surface area contributed by atoms with Gasteiger partial charge < -0.3 is 4.90 Å². The lowest BCUT2D eigenvalue weighted by Gasteiger charge is -2.29. The van der Waals surface area contributed by atoms with Crippen LogP contribution in [-0.2, 0) is 0 Å². The predicted molar refractivity (Wildman–Crippen MR) is 36.7 cm³/mol. The molecule has 0 atom stereocenters. The monoisotopic (exact) mass is 141 g/mol. The lowest BCUT2D eigenvalue weighted by Crippen LogP contribution is -2.36. The molecule has 2 heterocycles. The number of hydrogen-bond donors (Lipinski definition) is 0. The third-order valence-electron chi connectivity index (χ3n) is 1.48. The molecular formula is C5H7N3S. The highest BCUT2D eigenvalue weighted by molar-refractivity contribution is 7.09. The summed E-state index contributed by atoms with van der Waals surface area (Å²) in [5.74, 6) is 0. The molecule has 4 heteroatoms. The van der Waals surface area contributed by atoms with Gasteiger partial charge in [0.15, 0.2) is 0 Å². The first-order valence-electron chi connectivity index (χ1n) is 2.98. The highest BCUT2D eigenvalue weighted by atomic mass is 32.1. The molecule has 1 aromatic rings. The minimum atomic E-state index is 1.07. The summed E-state index contributed by atoms with van der Waals surface area (Å²) >= 11 is 1.47.